The third kappa shape index (κ3) is 5.29. The average Bonchev–Trinajstić information content (AvgIpc) is 3.24. The van der Waals surface area contributed by atoms with Crippen molar-refractivity contribution in [3.8, 4) is 11.5 Å². The Hall–Kier alpha value is -3.48. The summed E-state index contributed by atoms with van der Waals surface area (Å²) >= 11 is 6.20. The minimum Gasteiger partial charge on any atom is -0.497 e. The molecule has 0 radical (unpaired) electrons. The van der Waals surface area contributed by atoms with Gasteiger partial charge in [0.2, 0.25) is 0 Å². The number of ketones is 1. The van der Waals surface area contributed by atoms with Crippen LogP contribution in [-0.2, 0) is 0 Å². The van der Waals surface area contributed by atoms with Crippen molar-refractivity contribution in [2.75, 3.05) is 25.6 Å². The molecule has 6 nitrogen and oxygen atoms in total. The first-order valence-corrected chi connectivity index (χ1v) is 11.6. The SMILES string of the molecule is [2H]C(Nc1cc(OC)cc(OCCO)c1)(C(=O)c1c[nH]c2cc(C)c(C)cc12)c1ccc(Cl)cc1C. The van der Waals surface area contributed by atoms with Crippen molar-refractivity contribution < 1.29 is 20.7 Å². The topological polar surface area (TPSA) is 83.6 Å². The summed E-state index contributed by atoms with van der Waals surface area (Å²) in [5, 5.41) is 13.6. The molecule has 0 aliphatic rings. The number of methoxy groups -OCH3 is 1. The number of ether oxygens (including phenoxy) is 2. The summed E-state index contributed by atoms with van der Waals surface area (Å²) < 4.78 is 20.5. The molecule has 35 heavy (non-hydrogen) atoms. The number of aromatic nitrogens is 1. The normalized spacial score (nSPS) is 13.3. The van der Waals surface area contributed by atoms with Gasteiger partial charge in [-0.1, -0.05) is 17.7 Å². The summed E-state index contributed by atoms with van der Waals surface area (Å²) in [6, 6.07) is 12.2. The van der Waals surface area contributed by atoms with E-state index in [1.54, 1.807) is 42.6 Å². The smallest absolute Gasteiger partial charge is 0.191 e. The van der Waals surface area contributed by atoms with Crippen LogP contribution < -0.4 is 14.8 Å². The molecular weight excluding hydrogens is 464 g/mol. The van der Waals surface area contributed by atoms with E-state index in [1.165, 1.54) is 7.11 Å². The summed E-state index contributed by atoms with van der Waals surface area (Å²) in [5.74, 6) is 0.489. The molecule has 1 heterocycles. The lowest BCUT2D eigenvalue weighted by molar-refractivity contribution is 0.0971. The summed E-state index contributed by atoms with van der Waals surface area (Å²) in [6.45, 7) is 5.79. The number of aliphatic hydroxyl groups excluding tert-OH is 1. The van der Waals surface area contributed by atoms with Gasteiger partial charge in [-0.3, -0.25) is 4.79 Å². The van der Waals surface area contributed by atoms with Gasteiger partial charge in [-0.15, -0.1) is 0 Å². The highest BCUT2D eigenvalue weighted by Crippen LogP contribution is 2.34. The van der Waals surface area contributed by atoms with Crippen LogP contribution >= 0.6 is 11.6 Å². The van der Waals surface area contributed by atoms with Crippen molar-refractivity contribution in [3.05, 3.63) is 87.6 Å². The largest absolute Gasteiger partial charge is 0.497 e. The van der Waals surface area contributed by atoms with Crippen LogP contribution in [0.25, 0.3) is 10.9 Å². The highest BCUT2D eigenvalue weighted by atomic mass is 35.5. The molecule has 0 amide bonds. The molecule has 3 N–H and O–H groups in total. The first-order valence-electron chi connectivity index (χ1n) is 11.8. The van der Waals surface area contributed by atoms with Crippen LogP contribution in [0.2, 0.25) is 5.02 Å². The van der Waals surface area contributed by atoms with Crippen molar-refractivity contribution in [2.45, 2.75) is 26.8 Å². The Kier molecular flexibility index (Phi) is 6.93. The van der Waals surface area contributed by atoms with Crippen molar-refractivity contribution in [1.29, 1.82) is 0 Å². The van der Waals surface area contributed by atoms with E-state index < -0.39 is 11.8 Å². The molecule has 0 aliphatic heterocycles. The number of anilines is 1. The number of hydrogen-bond donors (Lipinski definition) is 3. The molecule has 4 aromatic rings. The van der Waals surface area contributed by atoms with Gasteiger partial charge < -0.3 is 24.9 Å². The molecule has 0 aliphatic carbocycles. The number of aliphatic hydroxyl groups is 1. The van der Waals surface area contributed by atoms with Gasteiger partial charge in [-0.25, -0.2) is 0 Å². The van der Waals surface area contributed by atoms with Crippen molar-refractivity contribution in [1.82, 2.24) is 4.98 Å². The van der Waals surface area contributed by atoms with Gasteiger partial charge in [-0.05, 0) is 67.3 Å². The third-order valence-electron chi connectivity index (χ3n) is 5.97. The number of H-pyrrole nitrogens is 1. The number of carbonyl (C=O) groups excluding carboxylic acids is 1. The highest BCUT2D eigenvalue weighted by molar-refractivity contribution is 6.30. The number of nitrogens with one attached hydrogen (secondary N) is 2. The first-order chi connectivity index (χ1) is 17.2. The van der Waals surface area contributed by atoms with E-state index in [0.717, 1.165) is 22.0 Å². The number of Topliss-reactive ketones (excluding diaryl/α,β-unsaturated/α-hetero) is 1. The Morgan fingerprint density at radius 3 is 2.54 bits per heavy atom. The molecule has 3 aromatic carbocycles. The second kappa shape index (κ2) is 10.4. The molecule has 1 aromatic heterocycles. The predicted molar refractivity (Wildman–Crippen MR) is 140 cm³/mol. The quantitative estimate of drug-likeness (QED) is 0.243. The number of halogens is 1. The van der Waals surface area contributed by atoms with Gasteiger partial charge in [0.15, 0.2) is 5.78 Å². The number of carbonyl (C=O) groups is 1. The van der Waals surface area contributed by atoms with E-state index in [4.69, 9.17) is 26.2 Å². The summed E-state index contributed by atoms with van der Waals surface area (Å²) in [5.41, 5.74) is 5.02. The number of benzene rings is 3. The van der Waals surface area contributed by atoms with Crippen molar-refractivity contribution in [3.63, 3.8) is 0 Å². The lowest BCUT2D eigenvalue weighted by Gasteiger charge is -2.22. The fraction of sp³-hybridized carbons (Fsp3) is 0.250. The molecule has 4 rings (SSSR count). The zero-order chi connectivity index (χ0) is 26.0. The molecule has 1 atom stereocenters. The van der Waals surface area contributed by atoms with E-state index in [9.17, 15) is 6.17 Å². The highest BCUT2D eigenvalue weighted by Gasteiger charge is 2.26. The first kappa shape index (κ1) is 23.3. The molecule has 0 fully saturated rings. The minimum absolute atomic E-state index is 0.0992. The number of aryl methyl sites for hydroxylation is 3. The fourth-order valence-corrected chi connectivity index (χ4v) is 4.24. The van der Waals surface area contributed by atoms with E-state index >= 15 is 0 Å². The van der Waals surface area contributed by atoms with Crippen molar-refractivity contribution in [2.24, 2.45) is 0 Å². The Morgan fingerprint density at radius 1 is 1.09 bits per heavy atom. The molecular formula is C28H29ClN2O4. The summed E-state index contributed by atoms with van der Waals surface area (Å²) in [7, 11) is 1.52. The molecule has 182 valence electrons. The molecule has 7 heteroatoms. The Morgan fingerprint density at radius 2 is 1.83 bits per heavy atom. The molecule has 0 saturated carbocycles. The number of hydrogen-bond acceptors (Lipinski definition) is 5. The molecule has 0 saturated heterocycles. The van der Waals surface area contributed by atoms with E-state index in [2.05, 4.69) is 10.3 Å². The van der Waals surface area contributed by atoms with E-state index in [-0.39, 0.29) is 13.2 Å². The summed E-state index contributed by atoms with van der Waals surface area (Å²) in [6.07, 6.45) is 1.66. The second-order valence-electron chi connectivity index (χ2n) is 8.44. The van der Waals surface area contributed by atoms with Crippen LogP contribution in [0.1, 0.15) is 40.0 Å². The van der Waals surface area contributed by atoms with Crippen LogP contribution in [0.4, 0.5) is 5.69 Å². The number of aromatic amines is 1. The van der Waals surface area contributed by atoms with Gasteiger partial charge in [0.05, 0.1) is 15.1 Å². The van der Waals surface area contributed by atoms with Crippen LogP contribution in [-0.4, -0.2) is 36.2 Å². The van der Waals surface area contributed by atoms with Gasteiger partial charge >= 0.3 is 0 Å². The standard InChI is InChI=1S/C28H29ClN2O4/c1-16-10-24-25(15-30-26(24)11-17(16)2)28(33)27(23-6-5-19(29)9-18(23)3)31-20-12-21(34-4)14-22(13-20)35-8-7-32/h5-6,9-15,27,30-32H,7-8H2,1-4H3/i27D. The summed E-state index contributed by atoms with van der Waals surface area (Å²) in [4.78, 5) is 17.4. The number of rotatable bonds is 9. The Bertz CT molecular complexity index is 1430. The Labute approximate surface area is 211 Å². The second-order valence-corrected chi connectivity index (χ2v) is 8.88. The maximum absolute atomic E-state index is 14.2. The monoisotopic (exact) mass is 493 g/mol. The fourth-order valence-electron chi connectivity index (χ4n) is 4.02. The predicted octanol–water partition coefficient (Wildman–Crippen LogP) is 6.16. The maximum atomic E-state index is 14.2. The van der Waals surface area contributed by atoms with Gasteiger partial charge in [-0.2, -0.15) is 0 Å². The molecule has 0 bridgehead atoms. The van der Waals surface area contributed by atoms with Gasteiger partial charge in [0, 0.05) is 51.6 Å². The maximum Gasteiger partial charge on any atom is 0.191 e. The minimum atomic E-state index is -1.90. The lowest BCUT2D eigenvalue weighted by atomic mass is 9.93. The van der Waals surface area contributed by atoms with Crippen LogP contribution in [0.15, 0.2) is 54.7 Å². The molecule has 1 unspecified atom stereocenters. The molecule has 0 spiro atoms. The van der Waals surface area contributed by atoms with Gasteiger partial charge in [0.1, 0.15) is 24.1 Å². The van der Waals surface area contributed by atoms with Crippen LogP contribution in [0.3, 0.4) is 0 Å². The van der Waals surface area contributed by atoms with Gasteiger partial charge in [0.25, 0.3) is 0 Å². The Balaban J connectivity index is 1.87. The van der Waals surface area contributed by atoms with Crippen LogP contribution in [0.5, 0.6) is 11.5 Å². The number of fused-ring (bicyclic) bond motifs is 1. The lowest BCUT2D eigenvalue weighted by Crippen LogP contribution is -2.22. The average molecular weight is 494 g/mol. The zero-order valence-electron chi connectivity index (χ0n) is 21.2. The zero-order valence-corrected chi connectivity index (χ0v) is 20.9. The van der Waals surface area contributed by atoms with Crippen molar-refractivity contribution >= 4 is 34.0 Å². The van der Waals surface area contributed by atoms with E-state index in [1.807, 2.05) is 32.9 Å². The van der Waals surface area contributed by atoms with E-state index in [0.29, 0.717) is 38.9 Å². The van der Waals surface area contributed by atoms with Crippen LogP contribution in [0, 0.1) is 20.8 Å². The third-order valence-corrected chi connectivity index (χ3v) is 6.21.